The molecule has 8 nitrogen and oxygen atoms in total. The molecule has 1 N–H and O–H groups in total. The van der Waals surface area contributed by atoms with E-state index in [2.05, 4.69) is 5.32 Å². The molecular weight excluding hydrogens is 420 g/mol. The van der Waals surface area contributed by atoms with Gasteiger partial charge < -0.3 is 14.8 Å². The molecule has 0 spiro atoms. The SMILES string of the molecule is COc1ccc(C(=O)OCC(=O)NCc2ccc(Cl)cc2)cc1S(=O)(=O)N(C)C. The molecule has 0 bridgehead atoms. The topological polar surface area (TPSA) is 102 Å². The highest BCUT2D eigenvalue weighted by molar-refractivity contribution is 7.89. The number of amides is 1. The van der Waals surface area contributed by atoms with Crippen molar-refractivity contribution < 1.29 is 27.5 Å². The Kier molecular flexibility index (Phi) is 7.60. The molecule has 0 aromatic heterocycles. The van der Waals surface area contributed by atoms with Gasteiger partial charge in [0.2, 0.25) is 10.0 Å². The zero-order chi connectivity index (χ0) is 21.6. The predicted molar refractivity (Wildman–Crippen MR) is 107 cm³/mol. The monoisotopic (exact) mass is 440 g/mol. The average Bonchev–Trinajstić information content (AvgIpc) is 2.70. The Bertz CT molecular complexity index is 990. The first kappa shape index (κ1) is 22.7. The van der Waals surface area contributed by atoms with Crippen LogP contribution in [-0.2, 0) is 26.1 Å². The number of ether oxygens (including phenoxy) is 2. The Labute approximate surface area is 174 Å². The Morgan fingerprint density at radius 1 is 1.10 bits per heavy atom. The zero-order valence-corrected chi connectivity index (χ0v) is 17.7. The second-order valence-corrected chi connectivity index (χ2v) is 8.69. The molecule has 0 unspecified atom stereocenters. The number of carbonyl (C=O) groups is 2. The third-order valence-corrected chi connectivity index (χ3v) is 5.98. The van der Waals surface area contributed by atoms with E-state index in [-0.39, 0.29) is 22.8 Å². The minimum Gasteiger partial charge on any atom is -0.495 e. The molecule has 0 atom stereocenters. The molecular formula is C19H21ClN2O6S. The molecule has 0 fully saturated rings. The lowest BCUT2D eigenvalue weighted by atomic mass is 10.2. The van der Waals surface area contributed by atoms with Crippen molar-refractivity contribution in [1.82, 2.24) is 9.62 Å². The molecule has 156 valence electrons. The number of carbonyl (C=O) groups excluding carboxylic acids is 2. The number of benzene rings is 2. The van der Waals surface area contributed by atoms with Gasteiger partial charge in [-0.25, -0.2) is 17.5 Å². The lowest BCUT2D eigenvalue weighted by Crippen LogP contribution is -2.28. The molecule has 1 amide bonds. The molecule has 0 aliphatic rings. The highest BCUT2D eigenvalue weighted by atomic mass is 35.5. The van der Waals surface area contributed by atoms with Gasteiger partial charge in [0.05, 0.1) is 12.7 Å². The molecule has 0 saturated heterocycles. The average molecular weight is 441 g/mol. The maximum Gasteiger partial charge on any atom is 0.338 e. The Morgan fingerprint density at radius 2 is 1.76 bits per heavy atom. The summed E-state index contributed by atoms with van der Waals surface area (Å²) in [5.74, 6) is -1.23. The fraction of sp³-hybridized carbons (Fsp3) is 0.263. The minimum atomic E-state index is -3.84. The second kappa shape index (κ2) is 9.73. The zero-order valence-electron chi connectivity index (χ0n) is 16.1. The fourth-order valence-electron chi connectivity index (χ4n) is 2.27. The van der Waals surface area contributed by atoms with Crippen LogP contribution in [0.25, 0.3) is 0 Å². The lowest BCUT2D eigenvalue weighted by Gasteiger charge is -2.15. The van der Waals surface area contributed by atoms with Crippen LogP contribution in [0.3, 0.4) is 0 Å². The van der Waals surface area contributed by atoms with E-state index < -0.39 is 28.5 Å². The summed E-state index contributed by atoms with van der Waals surface area (Å²) < 4.78 is 35.9. The summed E-state index contributed by atoms with van der Waals surface area (Å²) in [5.41, 5.74) is 0.819. The minimum absolute atomic E-state index is 0.0169. The highest BCUT2D eigenvalue weighted by Crippen LogP contribution is 2.27. The number of rotatable bonds is 8. The largest absolute Gasteiger partial charge is 0.495 e. The number of esters is 1. The molecule has 10 heteroatoms. The normalized spacial score (nSPS) is 11.2. The van der Waals surface area contributed by atoms with E-state index in [4.69, 9.17) is 21.1 Å². The van der Waals surface area contributed by atoms with Crippen molar-refractivity contribution in [2.75, 3.05) is 27.8 Å². The number of nitrogens with zero attached hydrogens (tertiary/aromatic N) is 1. The third kappa shape index (κ3) is 5.93. The molecule has 2 rings (SSSR count). The van der Waals surface area contributed by atoms with Gasteiger partial charge in [-0.05, 0) is 35.9 Å². The quantitative estimate of drug-likeness (QED) is 0.630. The highest BCUT2D eigenvalue weighted by Gasteiger charge is 2.24. The summed E-state index contributed by atoms with van der Waals surface area (Å²) in [6.45, 7) is -0.254. The van der Waals surface area contributed by atoms with Gasteiger partial charge in [-0.1, -0.05) is 23.7 Å². The van der Waals surface area contributed by atoms with Crippen LogP contribution in [0.15, 0.2) is 47.4 Å². The van der Waals surface area contributed by atoms with Crippen molar-refractivity contribution in [3.05, 3.63) is 58.6 Å². The summed E-state index contributed by atoms with van der Waals surface area (Å²) in [7, 11) is 0.221. The maximum absolute atomic E-state index is 12.4. The number of halogens is 1. The first-order chi connectivity index (χ1) is 13.6. The van der Waals surface area contributed by atoms with Crippen LogP contribution < -0.4 is 10.1 Å². The van der Waals surface area contributed by atoms with E-state index in [0.717, 1.165) is 15.9 Å². The molecule has 0 radical (unpaired) electrons. The van der Waals surface area contributed by atoms with E-state index in [1.807, 2.05) is 0 Å². The van der Waals surface area contributed by atoms with Gasteiger partial charge in [0.15, 0.2) is 6.61 Å². The van der Waals surface area contributed by atoms with Crippen molar-refractivity contribution in [2.24, 2.45) is 0 Å². The number of hydrogen-bond donors (Lipinski definition) is 1. The van der Waals surface area contributed by atoms with Crippen LogP contribution in [0.1, 0.15) is 15.9 Å². The van der Waals surface area contributed by atoms with Crippen LogP contribution in [0.2, 0.25) is 5.02 Å². The first-order valence-electron chi connectivity index (χ1n) is 8.44. The van der Waals surface area contributed by atoms with Crippen LogP contribution in [-0.4, -0.2) is 52.4 Å². The standard InChI is InChI=1S/C19H21ClN2O6S/c1-22(2)29(25,26)17-10-14(6-9-16(17)27-3)19(24)28-12-18(23)21-11-13-4-7-15(20)8-5-13/h4-10H,11-12H2,1-3H3,(H,21,23). The number of nitrogens with one attached hydrogen (secondary N) is 1. The van der Waals surface area contributed by atoms with Crippen LogP contribution in [0.4, 0.5) is 0 Å². The van der Waals surface area contributed by atoms with E-state index >= 15 is 0 Å². The van der Waals surface area contributed by atoms with Crippen LogP contribution in [0, 0.1) is 0 Å². The van der Waals surface area contributed by atoms with Crippen molar-refractivity contribution >= 4 is 33.5 Å². The molecule has 29 heavy (non-hydrogen) atoms. The summed E-state index contributed by atoms with van der Waals surface area (Å²) in [4.78, 5) is 24.0. The third-order valence-electron chi connectivity index (χ3n) is 3.90. The van der Waals surface area contributed by atoms with Gasteiger partial charge in [-0.2, -0.15) is 0 Å². The Balaban J connectivity index is 2.01. The molecule has 2 aromatic rings. The number of methoxy groups -OCH3 is 1. The number of sulfonamides is 1. The maximum atomic E-state index is 12.4. The van der Waals surface area contributed by atoms with E-state index in [9.17, 15) is 18.0 Å². The summed E-state index contributed by atoms with van der Waals surface area (Å²) in [6.07, 6.45) is 0. The fourth-order valence-corrected chi connectivity index (χ4v) is 3.47. The van der Waals surface area contributed by atoms with Gasteiger partial charge in [0.1, 0.15) is 10.6 Å². The van der Waals surface area contributed by atoms with Gasteiger partial charge in [0.25, 0.3) is 5.91 Å². The molecule has 0 aliphatic carbocycles. The summed E-state index contributed by atoms with van der Waals surface area (Å²) in [5, 5.41) is 3.20. The van der Waals surface area contributed by atoms with E-state index in [1.165, 1.54) is 33.3 Å². The first-order valence-corrected chi connectivity index (χ1v) is 10.3. The second-order valence-electron chi connectivity index (χ2n) is 6.13. The number of hydrogen-bond acceptors (Lipinski definition) is 6. The van der Waals surface area contributed by atoms with Crippen molar-refractivity contribution in [3.8, 4) is 5.75 Å². The molecule has 0 aliphatic heterocycles. The smallest absolute Gasteiger partial charge is 0.338 e. The van der Waals surface area contributed by atoms with Crippen LogP contribution >= 0.6 is 11.6 Å². The summed E-state index contributed by atoms with van der Waals surface area (Å²) in [6, 6.07) is 10.8. The molecule has 2 aromatic carbocycles. The van der Waals surface area contributed by atoms with Crippen LogP contribution in [0.5, 0.6) is 5.75 Å². The lowest BCUT2D eigenvalue weighted by molar-refractivity contribution is -0.124. The van der Waals surface area contributed by atoms with Crippen molar-refractivity contribution in [1.29, 1.82) is 0 Å². The van der Waals surface area contributed by atoms with E-state index in [0.29, 0.717) is 5.02 Å². The van der Waals surface area contributed by atoms with Gasteiger partial charge in [-0.3, -0.25) is 4.79 Å². The summed E-state index contributed by atoms with van der Waals surface area (Å²) >= 11 is 5.80. The van der Waals surface area contributed by atoms with Gasteiger partial charge in [0, 0.05) is 25.7 Å². The predicted octanol–water partition coefficient (Wildman–Crippen LogP) is 2.07. The Morgan fingerprint density at radius 3 is 2.34 bits per heavy atom. The van der Waals surface area contributed by atoms with Crippen molar-refractivity contribution in [3.63, 3.8) is 0 Å². The Hall–Kier alpha value is -2.62. The molecule has 0 heterocycles. The molecule has 0 saturated carbocycles. The van der Waals surface area contributed by atoms with Gasteiger partial charge in [-0.15, -0.1) is 0 Å². The van der Waals surface area contributed by atoms with E-state index in [1.54, 1.807) is 24.3 Å². The van der Waals surface area contributed by atoms with Crippen molar-refractivity contribution in [2.45, 2.75) is 11.4 Å². The van der Waals surface area contributed by atoms with Gasteiger partial charge >= 0.3 is 5.97 Å².